The summed E-state index contributed by atoms with van der Waals surface area (Å²) in [5.41, 5.74) is 6.69. The fourth-order valence-electron chi connectivity index (χ4n) is 1.36. The zero-order valence-electron chi connectivity index (χ0n) is 10.3. The molecule has 1 aromatic carbocycles. The third-order valence-electron chi connectivity index (χ3n) is 2.31. The van der Waals surface area contributed by atoms with Gasteiger partial charge < -0.3 is 11.1 Å². The minimum Gasteiger partial charge on any atom is -0.319 e. The molecule has 0 aliphatic heterocycles. The Labute approximate surface area is 107 Å². The highest BCUT2D eigenvalue weighted by molar-refractivity contribution is 8.14. The number of benzene rings is 1. The molecule has 1 unspecified atom stereocenters. The van der Waals surface area contributed by atoms with Gasteiger partial charge in [-0.25, -0.2) is 0 Å². The highest BCUT2D eigenvalue weighted by atomic mass is 32.2. The Hall–Kier alpha value is -1.00. The average Bonchev–Trinajstić information content (AvgIpc) is 2.27. The predicted octanol–water partition coefficient (Wildman–Crippen LogP) is 3.67. The number of nitrogens with one attached hydrogen (secondary N) is 1. The molecule has 1 aromatic rings. The first-order valence-corrected chi connectivity index (χ1v) is 6.74. The molecule has 17 heavy (non-hydrogen) atoms. The Morgan fingerprint density at radius 1 is 1.29 bits per heavy atom. The van der Waals surface area contributed by atoms with Crippen LogP contribution < -0.4 is 11.1 Å². The van der Waals surface area contributed by atoms with Gasteiger partial charge in [0.2, 0.25) is 0 Å². The van der Waals surface area contributed by atoms with Gasteiger partial charge in [0.1, 0.15) is 0 Å². The number of nitrogens with two attached hydrogens (primary N) is 1. The molecule has 1 rings (SSSR count). The van der Waals surface area contributed by atoms with Crippen molar-refractivity contribution >= 4 is 22.7 Å². The second kappa shape index (κ2) is 7.35. The van der Waals surface area contributed by atoms with Crippen molar-refractivity contribution in [1.82, 2.24) is 0 Å². The van der Waals surface area contributed by atoms with Crippen molar-refractivity contribution in [2.24, 2.45) is 11.7 Å². The molecule has 0 saturated heterocycles. The molecule has 0 aliphatic carbocycles. The lowest BCUT2D eigenvalue weighted by Gasteiger charge is -2.12. The molecule has 0 spiro atoms. The first-order chi connectivity index (χ1) is 8.08. The minimum absolute atomic E-state index is 0.0903. The maximum atomic E-state index is 11.6. The molecule has 0 fully saturated rings. The van der Waals surface area contributed by atoms with Gasteiger partial charge in [-0.15, -0.1) is 0 Å². The number of para-hydroxylation sites is 1. The van der Waals surface area contributed by atoms with Crippen molar-refractivity contribution in [3.63, 3.8) is 0 Å². The second-order valence-corrected chi connectivity index (χ2v) is 5.62. The van der Waals surface area contributed by atoms with Gasteiger partial charge in [-0.05, 0) is 42.7 Å². The smallest absolute Gasteiger partial charge is 0.284 e. The molecular formula is C13H20N2OS. The number of hydrogen-bond donors (Lipinski definition) is 2. The van der Waals surface area contributed by atoms with E-state index in [2.05, 4.69) is 19.2 Å². The lowest BCUT2D eigenvalue weighted by atomic mass is 10.1. The molecule has 3 nitrogen and oxygen atoms in total. The zero-order valence-corrected chi connectivity index (χ0v) is 11.2. The van der Waals surface area contributed by atoms with E-state index in [1.807, 2.05) is 30.3 Å². The predicted molar refractivity (Wildman–Crippen MR) is 75.1 cm³/mol. The van der Waals surface area contributed by atoms with Crippen molar-refractivity contribution < 1.29 is 4.79 Å². The summed E-state index contributed by atoms with van der Waals surface area (Å²) in [6.07, 6.45) is 1.91. The molecule has 0 saturated carbocycles. The Bertz CT molecular complexity index is 341. The maximum absolute atomic E-state index is 11.6. The van der Waals surface area contributed by atoms with E-state index >= 15 is 0 Å². The molecule has 1 atom stereocenters. The van der Waals surface area contributed by atoms with Crippen molar-refractivity contribution in [3.05, 3.63) is 30.3 Å². The van der Waals surface area contributed by atoms with E-state index in [4.69, 9.17) is 5.73 Å². The van der Waals surface area contributed by atoms with Crippen LogP contribution in [0.25, 0.3) is 0 Å². The first kappa shape index (κ1) is 14.1. The van der Waals surface area contributed by atoms with Crippen LogP contribution in [0.3, 0.4) is 0 Å². The average molecular weight is 252 g/mol. The van der Waals surface area contributed by atoms with Gasteiger partial charge in [-0.1, -0.05) is 32.0 Å². The normalized spacial score (nSPS) is 12.5. The molecular weight excluding hydrogens is 232 g/mol. The van der Waals surface area contributed by atoms with Gasteiger partial charge >= 0.3 is 0 Å². The number of carbonyl (C=O) groups is 1. The van der Waals surface area contributed by atoms with E-state index < -0.39 is 0 Å². The Morgan fingerprint density at radius 2 is 1.94 bits per heavy atom. The van der Waals surface area contributed by atoms with E-state index in [1.165, 1.54) is 0 Å². The van der Waals surface area contributed by atoms with Crippen LogP contribution in [0.1, 0.15) is 26.7 Å². The summed E-state index contributed by atoms with van der Waals surface area (Å²) >= 11 is 1.16. The van der Waals surface area contributed by atoms with Crippen LogP contribution >= 0.6 is 11.8 Å². The van der Waals surface area contributed by atoms with Gasteiger partial charge in [0.05, 0.1) is 5.37 Å². The fraction of sp³-hybridized carbons (Fsp3) is 0.462. The van der Waals surface area contributed by atoms with Crippen LogP contribution in [-0.4, -0.2) is 10.6 Å². The number of carbonyl (C=O) groups excluding carboxylic acids is 1. The van der Waals surface area contributed by atoms with Crippen LogP contribution in [0.5, 0.6) is 0 Å². The summed E-state index contributed by atoms with van der Waals surface area (Å²) in [5, 5.41) is 2.59. The van der Waals surface area contributed by atoms with Crippen molar-refractivity contribution in [3.8, 4) is 0 Å². The summed E-state index contributed by atoms with van der Waals surface area (Å²) in [4.78, 5) is 11.6. The number of anilines is 1. The van der Waals surface area contributed by atoms with Gasteiger partial charge in [-0.2, -0.15) is 0 Å². The number of amides is 1. The van der Waals surface area contributed by atoms with E-state index in [-0.39, 0.29) is 10.6 Å². The Morgan fingerprint density at radius 3 is 2.53 bits per heavy atom. The van der Waals surface area contributed by atoms with Gasteiger partial charge in [-0.3, -0.25) is 4.79 Å². The first-order valence-electron chi connectivity index (χ1n) is 5.86. The molecule has 1 amide bonds. The Balaban J connectivity index is 2.29. The van der Waals surface area contributed by atoms with E-state index in [9.17, 15) is 4.79 Å². The molecule has 0 aromatic heterocycles. The maximum Gasteiger partial charge on any atom is 0.284 e. The topological polar surface area (TPSA) is 55.1 Å². The summed E-state index contributed by atoms with van der Waals surface area (Å²) in [5.74, 6) is 0.624. The van der Waals surface area contributed by atoms with Gasteiger partial charge in [0.15, 0.2) is 0 Å². The van der Waals surface area contributed by atoms with Crippen LogP contribution in [0.2, 0.25) is 0 Å². The molecule has 0 heterocycles. The number of thioether (sulfide) groups is 1. The van der Waals surface area contributed by atoms with E-state index in [1.54, 1.807) is 0 Å². The number of rotatable bonds is 5. The van der Waals surface area contributed by atoms with Gasteiger partial charge in [0.25, 0.3) is 5.24 Å². The van der Waals surface area contributed by atoms with Crippen molar-refractivity contribution in [2.75, 3.05) is 5.32 Å². The third-order valence-corrected chi connectivity index (χ3v) is 3.16. The molecule has 94 valence electrons. The zero-order chi connectivity index (χ0) is 12.7. The van der Waals surface area contributed by atoms with Crippen molar-refractivity contribution in [1.29, 1.82) is 0 Å². The standard InChI is InChI=1S/C13H20N2OS/c1-10(2)8-9-12(14)17-13(16)15-11-6-4-3-5-7-11/h3-7,10,12H,8-9,14H2,1-2H3,(H,15,16). The van der Waals surface area contributed by atoms with E-state index in [0.717, 1.165) is 30.3 Å². The molecule has 3 N–H and O–H groups in total. The largest absolute Gasteiger partial charge is 0.319 e. The molecule has 4 heteroatoms. The summed E-state index contributed by atoms with van der Waals surface area (Å²) in [6.45, 7) is 4.31. The quantitative estimate of drug-likeness (QED) is 0.786. The van der Waals surface area contributed by atoms with Crippen LogP contribution in [-0.2, 0) is 0 Å². The lowest BCUT2D eigenvalue weighted by molar-refractivity contribution is 0.269. The molecule has 0 aliphatic rings. The fourth-order valence-corrected chi connectivity index (χ4v) is 2.07. The monoisotopic (exact) mass is 252 g/mol. The highest BCUT2D eigenvalue weighted by Gasteiger charge is 2.10. The summed E-state index contributed by atoms with van der Waals surface area (Å²) in [6, 6.07) is 9.41. The minimum atomic E-state index is -0.124. The lowest BCUT2D eigenvalue weighted by Crippen LogP contribution is -2.20. The molecule has 0 radical (unpaired) electrons. The molecule has 0 bridgehead atoms. The number of hydrogen-bond acceptors (Lipinski definition) is 3. The third kappa shape index (κ3) is 6.34. The van der Waals surface area contributed by atoms with Gasteiger partial charge in [0, 0.05) is 5.69 Å². The van der Waals surface area contributed by atoms with Crippen LogP contribution in [0.4, 0.5) is 10.5 Å². The second-order valence-electron chi connectivity index (χ2n) is 4.41. The van der Waals surface area contributed by atoms with Crippen molar-refractivity contribution in [2.45, 2.75) is 32.1 Å². The summed E-state index contributed by atoms with van der Waals surface area (Å²) < 4.78 is 0. The Kier molecular flexibility index (Phi) is 6.08. The van der Waals surface area contributed by atoms with Crippen LogP contribution in [0.15, 0.2) is 30.3 Å². The highest BCUT2D eigenvalue weighted by Crippen LogP contribution is 2.18. The summed E-state index contributed by atoms with van der Waals surface area (Å²) in [7, 11) is 0. The van der Waals surface area contributed by atoms with E-state index in [0.29, 0.717) is 5.92 Å². The SMILES string of the molecule is CC(C)CCC(N)SC(=O)Nc1ccccc1. The van der Waals surface area contributed by atoms with Crippen LogP contribution in [0, 0.1) is 5.92 Å².